The van der Waals surface area contributed by atoms with Crippen LogP contribution in [0.15, 0.2) is 0 Å². The summed E-state index contributed by atoms with van der Waals surface area (Å²) < 4.78 is 6.37. The molecule has 4 unspecified atom stereocenters. The van der Waals surface area contributed by atoms with Gasteiger partial charge in [-0.3, -0.25) is 0 Å². The Balaban J connectivity index is 2.09. The van der Waals surface area contributed by atoms with Gasteiger partial charge in [0.2, 0.25) is 0 Å². The monoisotopic (exact) mass is 225 g/mol. The van der Waals surface area contributed by atoms with Gasteiger partial charge >= 0.3 is 0 Å². The third-order valence-electron chi connectivity index (χ3n) is 4.83. The van der Waals surface area contributed by atoms with Crippen LogP contribution in [0.25, 0.3) is 0 Å². The molecule has 2 aliphatic rings. The molecule has 4 atom stereocenters. The van der Waals surface area contributed by atoms with Crippen molar-refractivity contribution in [3.05, 3.63) is 0 Å². The van der Waals surface area contributed by atoms with Crippen LogP contribution in [-0.4, -0.2) is 24.3 Å². The van der Waals surface area contributed by atoms with E-state index in [1.807, 2.05) is 0 Å². The fraction of sp³-hybridized carbons (Fsp3) is 1.00. The minimum atomic E-state index is 0.113. The first kappa shape index (κ1) is 12.4. The van der Waals surface area contributed by atoms with Gasteiger partial charge in [-0.1, -0.05) is 20.8 Å². The van der Waals surface area contributed by atoms with Gasteiger partial charge in [-0.15, -0.1) is 0 Å². The molecule has 0 aromatic carbocycles. The highest BCUT2D eigenvalue weighted by atomic mass is 16.5. The summed E-state index contributed by atoms with van der Waals surface area (Å²) in [4.78, 5) is 0. The van der Waals surface area contributed by atoms with Crippen molar-refractivity contribution in [1.82, 2.24) is 5.32 Å². The van der Waals surface area contributed by atoms with E-state index in [1.54, 1.807) is 0 Å². The summed E-state index contributed by atoms with van der Waals surface area (Å²) in [6, 6.07) is 0.493. The molecule has 1 saturated heterocycles. The van der Waals surface area contributed by atoms with Crippen molar-refractivity contribution < 1.29 is 4.74 Å². The zero-order valence-electron chi connectivity index (χ0n) is 11.5. The topological polar surface area (TPSA) is 21.3 Å². The van der Waals surface area contributed by atoms with Crippen LogP contribution < -0.4 is 5.32 Å². The Morgan fingerprint density at radius 3 is 2.38 bits per heavy atom. The molecule has 16 heavy (non-hydrogen) atoms. The number of morpholine rings is 1. The molecule has 1 N–H and O–H groups in total. The quantitative estimate of drug-likeness (QED) is 0.684. The highest BCUT2D eigenvalue weighted by Crippen LogP contribution is 2.46. The second kappa shape index (κ2) is 3.99. The molecule has 2 nitrogen and oxygen atoms in total. The third-order valence-corrected chi connectivity index (χ3v) is 4.83. The number of ether oxygens (including phenoxy) is 1. The number of hydrogen-bond donors (Lipinski definition) is 1. The molecule has 0 radical (unpaired) electrons. The van der Waals surface area contributed by atoms with E-state index in [0.717, 1.165) is 6.54 Å². The summed E-state index contributed by atoms with van der Waals surface area (Å²) in [5.41, 5.74) is 0.613. The maximum absolute atomic E-state index is 6.37. The van der Waals surface area contributed by atoms with Gasteiger partial charge in [0.05, 0.1) is 11.7 Å². The van der Waals surface area contributed by atoms with Crippen molar-refractivity contribution >= 4 is 0 Å². The lowest BCUT2D eigenvalue weighted by atomic mass is 9.65. The van der Waals surface area contributed by atoms with E-state index in [1.165, 1.54) is 19.3 Å². The van der Waals surface area contributed by atoms with Crippen molar-refractivity contribution in [3.63, 3.8) is 0 Å². The molecule has 0 amide bonds. The smallest absolute Gasteiger partial charge is 0.0836 e. The van der Waals surface area contributed by atoms with Gasteiger partial charge in [-0.25, -0.2) is 0 Å². The first-order valence-electron chi connectivity index (χ1n) is 6.76. The Labute approximate surface area is 100 Å². The van der Waals surface area contributed by atoms with E-state index in [2.05, 4.69) is 39.9 Å². The van der Waals surface area contributed by atoms with Crippen LogP contribution in [0.5, 0.6) is 0 Å². The summed E-state index contributed by atoms with van der Waals surface area (Å²) in [6.07, 6.45) is 4.14. The normalized spacial score (nSPS) is 48.2. The molecule has 0 aromatic rings. The predicted octanol–water partition coefficient (Wildman–Crippen LogP) is 2.97. The first-order valence-corrected chi connectivity index (χ1v) is 6.76. The minimum absolute atomic E-state index is 0.113. The van der Waals surface area contributed by atoms with Gasteiger partial charge in [0.1, 0.15) is 0 Å². The molecular formula is C14H27NO. The van der Waals surface area contributed by atoms with Crippen molar-refractivity contribution in [1.29, 1.82) is 0 Å². The van der Waals surface area contributed by atoms with Gasteiger partial charge in [0.15, 0.2) is 0 Å². The van der Waals surface area contributed by atoms with Gasteiger partial charge < -0.3 is 10.1 Å². The summed E-state index contributed by atoms with van der Waals surface area (Å²) in [7, 11) is 0. The highest BCUT2D eigenvalue weighted by Gasteiger charge is 2.47. The van der Waals surface area contributed by atoms with E-state index >= 15 is 0 Å². The average molecular weight is 225 g/mol. The Morgan fingerprint density at radius 1 is 1.12 bits per heavy atom. The molecule has 2 rings (SSSR count). The van der Waals surface area contributed by atoms with E-state index in [4.69, 9.17) is 4.74 Å². The van der Waals surface area contributed by atoms with E-state index < -0.39 is 0 Å². The minimum Gasteiger partial charge on any atom is -0.369 e. The summed E-state index contributed by atoms with van der Waals surface area (Å²) >= 11 is 0. The van der Waals surface area contributed by atoms with Crippen LogP contribution in [-0.2, 0) is 4.74 Å². The molecule has 1 aliphatic heterocycles. The number of nitrogens with one attached hydrogen (secondary N) is 1. The lowest BCUT2D eigenvalue weighted by molar-refractivity contribution is -0.179. The van der Waals surface area contributed by atoms with Crippen LogP contribution >= 0.6 is 0 Å². The van der Waals surface area contributed by atoms with E-state index in [9.17, 15) is 0 Å². The van der Waals surface area contributed by atoms with Crippen LogP contribution in [0.3, 0.4) is 0 Å². The van der Waals surface area contributed by atoms with Crippen LogP contribution in [0, 0.1) is 11.3 Å². The van der Waals surface area contributed by atoms with Gasteiger partial charge in [-0.05, 0) is 44.4 Å². The molecule has 1 heterocycles. The lowest BCUT2D eigenvalue weighted by Crippen LogP contribution is -2.62. The van der Waals surface area contributed by atoms with Crippen LogP contribution in [0.4, 0.5) is 0 Å². The Kier molecular flexibility index (Phi) is 3.09. The maximum Gasteiger partial charge on any atom is 0.0836 e. The van der Waals surface area contributed by atoms with Crippen molar-refractivity contribution in [3.8, 4) is 0 Å². The maximum atomic E-state index is 6.37. The van der Waals surface area contributed by atoms with Crippen LogP contribution in [0.1, 0.15) is 53.9 Å². The summed E-state index contributed by atoms with van der Waals surface area (Å²) in [5.74, 6) is 0.665. The molecule has 1 saturated carbocycles. The SMILES string of the molecule is CC1NCC2(CCC(C)(C)CC2C)OC1C. The number of rotatable bonds is 0. The molecule has 0 aromatic heterocycles. The summed E-state index contributed by atoms with van der Waals surface area (Å²) in [5, 5.41) is 3.63. The molecule has 2 heteroatoms. The number of hydrogen-bond acceptors (Lipinski definition) is 2. The zero-order chi connectivity index (χ0) is 12.0. The fourth-order valence-electron chi connectivity index (χ4n) is 3.36. The van der Waals surface area contributed by atoms with Gasteiger partial charge in [-0.2, -0.15) is 0 Å². The molecule has 94 valence electrons. The highest BCUT2D eigenvalue weighted by molar-refractivity contribution is 5.00. The second-order valence-electron chi connectivity index (χ2n) is 6.83. The average Bonchev–Trinajstić information content (AvgIpc) is 2.18. The molecule has 0 bridgehead atoms. The Hall–Kier alpha value is -0.0800. The van der Waals surface area contributed by atoms with Crippen molar-refractivity contribution in [2.24, 2.45) is 11.3 Å². The first-order chi connectivity index (χ1) is 7.35. The molecule has 2 fully saturated rings. The standard InChI is InChI=1S/C14H27NO/c1-10-8-13(4,5)6-7-14(10)9-15-11(2)12(3)16-14/h10-12,15H,6-9H2,1-5H3. The molecule has 1 aliphatic carbocycles. The molecule has 1 spiro atoms. The fourth-order valence-corrected chi connectivity index (χ4v) is 3.36. The second-order valence-corrected chi connectivity index (χ2v) is 6.83. The predicted molar refractivity (Wildman–Crippen MR) is 67.5 cm³/mol. The third kappa shape index (κ3) is 2.14. The van der Waals surface area contributed by atoms with Gasteiger partial charge in [0, 0.05) is 12.6 Å². The largest absolute Gasteiger partial charge is 0.369 e. The summed E-state index contributed by atoms with van der Waals surface area (Å²) in [6.45, 7) is 12.6. The lowest BCUT2D eigenvalue weighted by Gasteiger charge is -2.53. The molecular weight excluding hydrogens is 198 g/mol. The van der Waals surface area contributed by atoms with Crippen molar-refractivity contribution in [2.45, 2.75) is 71.6 Å². The Morgan fingerprint density at radius 2 is 1.81 bits per heavy atom. The van der Waals surface area contributed by atoms with E-state index in [-0.39, 0.29) is 5.60 Å². The van der Waals surface area contributed by atoms with Crippen molar-refractivity contribution in [2.75, 3.05) is 6.54 Å². The van der Waals surface area contributed by atoms with Gasteiger partial charge in [0.25, 0.3) is 0 Å². The zero-order valence-corrected chi connectivity index (χ0v) is 11.5. The van der Waals surface area contributed by atoms with Crippen LogP contribution in [0.2, 0.25) is 0 Å². The Bertz CT molecular complexity index is 263. The van der Waals surface area contributed by atoms with E-state index in [0.29, 0.717) is 23.5 Å².